The molecule has 1 heteroatoms. The molecule has 0 aromatic rings. The van der Waals surface area contributed by atoms with Crippen molar-refractivity contribution in [1.82, 2.24) is 0 Å². The maximum Gasteiger partial charge on any atom is 0.155 e. The van der Waals surface area contributed by atoms with E-state index < -0.39 is 0 Å². The summed E-state index contributed by atoms with van der Waals surface area (Å²) in [6.07, 6.45) is 18.1. The Morgan fingerprint density at radius 3 is 2.60 bits per heavy atom. The smallest absolute Gasteiger partial charge is 0.155 e. The molecule has 0 aromatic heterocycles. The molecular weight excluding hydrogens is 364 g/mol. The van der Waals surface area contributed by atoms with Crippen molar-refractivity contribution in [3.05, 3.63) is 36.0 Å². The van der Waals surface area contributed by atoms with E-state index in [0.29, 0.717) is 28.4 Å². The molecule has 4 aliphatic carbocycles. The molecule has 0 unspecified atom stereocenters. The van der Waals surface area contributed by atoms with Crippen LogP contribution in [0.4, 0.5) is 0 Å². The van der Waals surface area contributed by atoms with E-state index in [1.165, 1.54) is 49.7 Å². The number of ketones is 1. The highest BCUT2D eigenvalue weighted by Gasteiger charge is 2.59. The number of carbonyl (C=O) groups excluding carboxylic acids is 1. The van der Waals surface area contributed by atoms with Gasteiger partial charge < -0.3 is 0 Å². The SMILES string of the molecule is C=C(C)[C@@H](C=C[C@@H](C)[C@H]1CC[C@H]2[C@@H]3CCC4=CC(=O)CC[C@]4(C)[C@H]3CC[C@]12C)CC. The molecule has 0 heterocycles. The minimum atomic E-state index is 0.303. The molecule has 0 spiro atoms. The zero-order valence-electron chi connectivity index (χ0n) is 20.2. The van der Waals surface area contributed by atoms with Crippen molar-refractivity contribution >= 4 is 5.78 Å². The Hall–Kier alpha value is -1.11. The van der Waals surface area contributed by atoms with Crippen LogP contribution in [0, 0.1) is 46.3 Å². The minimum absolute atomic E-state index is 0.303. The number of fused-ring (bicyclic) bond motifs is 5. The molecule has 1 nitrogen and oxygen atoms in total. The van der Waals surface area contributed by atoms with Crippen LogP contribution in [0.15, 0.2) is 36.0 Å². The fourth-order valence-corrected chi connectivity index (χ4v) is 8.56. The summed E-state index contributed by atoms with van der Waals surface area (Å²) in [4.78, 5) is 12.1. The monoisotopic (exact) mass is 408 g/mol. The van der Waals surface area contributed by atoms with Gasteiger partial charge in [0.05, 0.1) is 0 Å². The molecule has 166 valence electrons. The molecule has 0 radical (unpaired) electrons. The van der Waals surface area contributed by atoms with Gasteiger partial charge in [-0.3, -0.25) is 4.79 Å². The summed E-state index contributed by atoms with van der Waals surface area (Å²) in [5.74, 6) is 4.96. The molecule has 0 saturated heterocycles. The number of allylic oxidation sites excluding steroid dienone is 4. The van der Waals surface area contributed by atoms with Gasteiger partial charge in [-0.05, 0) is 111 Å². The Bertz CT molecular complexity index is 756. The molecule has 0 bridgehead atoms. The fourth-order valence-electron chi connectivity index (χ4n) is 8.56. The van der Waals surface area contributed by atoms with Gasteiger partial charge in [-0.2, -0.15) is 0 Å². The van der Waals surface area contributed by atoms with Crippen LogP contribution in [-0.2, 0) is 4.79 Å². The Kier molecular flexibility index (Phi) is 5.97. The zero-order valence-corrected chi connectivity index (χ0v) is 20.2. The molecule has 0 aromatic carbocycles. The summed E-state index contributed by atoms with van der Waals surface area (Å²) in [5, 5.41) is 0. The highest BCUT2D eigenvalue weighted by atomic mass is 16.1. The normalized spacial score (nSPS) is 42.8. The molecule has 3 fully saturated rings. The van der Waals surface area contributed by atoms with Crippen LogP contribution in [0.5, 0.6) is 0 Å². The van der Waals surface area contributed by atoms with Crippen LogP contribution in [0.3, 0.4) is 0 Å². The molecule has 4 rings (SSSR count). The highest BCUT2D eigenvalue weighted by molar-refractivity contribution is 5.91. The van der Waals surface area contributed by atoms with Crippen LogP contribution in [0.25, 0.3) is 0 Å². The number of hydrogen-bond donors (Lipinski definition) is 0. The molecular formula is C29H44O. The summed E-state index contributed by atoms with van der Waals surface area (Å²) < 4.78 is 0. The van der Waals surface area contributed by atoms with Crippen LogP contribution >= 0.6 is 0 Å². The van der Waals surface area contributed by atoms with Gasteiger partial charge in [0.2, 0.25) is 0 Å². The summed E-state index contributed by atoms with van der Waals surface area (Å²) in [5.41, 5.74) is 3.59. The van der Waals surface area contributed by atoms with E-state index in [9.17, 15) is 4.79 Å². The van der Waals surface area contributed by atoms with E-state index in [1.54, 1.807) is 0 Å². The Morgan fingerprint density at radius 1 is 1.13 bits per heavy atom. The maximum atomic E-state index is 12.1. The standard InChI is InChI=1S/C29H44O/c1-7-21(19(2)3)9-8-20(4)25-12-13-26-24-11-10-22-18-23(30)14-16-28(22,5)27(24)15-17-29(25,26)6/h8-9,18,20-21,24-27H,2,7,10-17H2,1,3-6H3/t20-,21-,24+,25-,26+,27+,28+,29-/m1/s1. The summed E-state index contributed by atoms with van der Waals surface area (Å²) >= 11 is 0. The van der Waals surface area contributed by atoms with Gasteiger partial charge in [-0.1, -0.05) is 57.6 Å². The predicted molar refractivity (Wildman–Crippen MR) is 127 cm³/mol. The highest BCUT2D eigenvalue weighted by Crippen LogP contribution is 2.67. The molecule has 0 aliphatic heterocycles. The third-order valence-corrected chi connectivity index (χ3v) is 10.4. The van der Waals surface area contributed by atoms with Gasteiger partial charge in [0.1, 0.15) is 0 Å². The lowest BCUT2D eigenvalue weighted by atomic mass is 9.46. The maximum absolute atomic E-state index is 12.1. The molecule has 0 N–H and O–H groups in total. The quantitative estimate of drug-likeness (QED) is 0.422. The van der Waals surface area contributed by atoms with E-state index in [0.717, 1.165) is 42.9 Å². The summed E-state index contributed by atoms with van der Waals surface area (Å²) in [7, 11) is 0. The molecule has 3 saturated carbocycles. The minimum Gasteiger partial charge on any atom is -0.295 e. The fraction of sp³-hybridized carbons (Fsp3) is 0.759. The topological polar surface area (TPSA) is 17.1 Å². The summed E-state index contributed by atoms with van der Waals surface area (Å²) in [6.45, 7) is 16.3. The molecule has 8 atom stereocenters. The first-order valence-corrected chi connectivity index (χ1v) is 12.8. The number of hydrogen-bond acceptors (Lipinski definition) is 1. The van der Waals surface area contributed by atoms with Crippen LogP contribution < -0.4 is 0 Å². The van der Waals surface area contributed by atoms with E-state index in [4.69, 9.17) is 0 Å². The van der Waals surface area contributed by atoms with Crippen molar-refractivity contribution in [3.8, 4) is 0 Å². The van der Waals surface area contributed by atoms with Gasteiger partial charge in [0, 0.05) is 6.42 Å². The second-order valence-electron chi connectivity index (χ2n) is 11.8. The van der Waals surface area contributed by atoms with Gasteiger partial charge in [-0.25, -0.2) is 0 Å². The van der Waals surface area contributed by atoms with E-state index in [2.05, 4.69) is 53.3 Å². The lowest BCUT2D eigenvalue weighted by Crippen LogP contribution is -2.50. The Labute approximate surface area is 185 Å². The molecule has 4 aliphatic rings. The molecule has 0 amide bonds. The van der Waals surface area contributed by atoms with Gasteiger partial charge in [0.15, 0.2) is 5.78 Å². The van der Waals surface area contributed by atoms with E-state index in [-0.39, 0.29) is 0 Å². The van der Waals surface area contributed by atoms with Crippen molar-refractivity contribution in [2.45, 2.75) is 92.4 Å². The second-order valence-corrected chi connectivity index (χ2v) is 11.8. The third-order valence-electron chi connectivity index (χ3n) is 10.4. The van der Waals surface area contributed by atoms with Gasteiger partial charge in [-0.15, -0.1) is 0 Å². The first-order valence-electron chi connectivity index (χ1n) is 12.8. The van der Waals surface area contributed by atoms with Crippen LogP contribution in [-0.4, -0.2) is 5.78 Å². The predicted octanol–water partition coefficient (Wildman–Crippen LogP) is 7.93. The van der Waals surface area contributed by atoms with Crippen molar-refractivity contribution in [3.63, 3.8) is 0 Å². The third kappa shape index (κ3) is 3.49. The largest absolute Gasteiger partial charge is 0.295 e. The van der Waals surface area contributed by atoms with E-state index in [1.807, 2.05) is 6.08 Å². The lowest BCUT2D eigenvalue weighted by molar-refractivity contribution is -0.117. The summed E-state index contributed by atoms with van der Waals surface area (Å²) in [6, 6.07) is 0. The number of carbonyl (C=O) groups is 1. The Balaban J connectivity index is 1.53. The van der Waals surface area contributed by atoms with Crippen LogP contribution in [0.1, 0.15) is 92.4 Å². The van der Waals surface area contributed by atoms with Crippen molar-refractivity contribution in [1.29, 1.82) is 0 Å². The van der Waals surface area contributed by atoms with Gasteiger partial charge >= 0.3 is 0 Å². The second kappa shape index (κ2) is 8.10. The van der Waals surface area contributed by atoms with Crippen molar-refractivity contribution in [2.24, 2.45) is 46.3 Å². The van der Waals surface area contributed by atoms with Gasteiger partial charge in [0.25, 0.3) is 0 Å². The van der Waals surface area contributed by atoms with Crippen molar-refractivity contribution < 1.29 is 4.79 Å². The zero-order chi connectivity index (χ0) is 21.7. The van der Waals surface area contributed by atoms with Crippen molar-refractivity contribution in [2.75, 3.05) is 0 Å². The first-order chi connectivity index (χ1) is 14.2. The van der Waals surface area contributed by atoms with Crippen LogP contribution in [0.2, 0.25) is 0 Å². The average molecular weight is 409 g/mol. The number of rotatable bonds is 5. The average Bonchev–Trinajstić information content (AvgIpc) is 3.06. The Morgan fingerprint density at radius 2 is 1.90 bits per heavy atom. The van der Waals surface area contributed by atoms with E-state index >= 15 is 0 Å². The first kappa shape index (κ1) is 22.1. The lowest BCUT2D eigenvalue weighted by Gasteiger charge is -2.58. The molecule has 30 heavy (non-hydrogen) atoms.